The van der Waals surface area contributed by atoms with Crippen LogP contribution in [0.3, 0.4) is 0 Å². The number of nitrogens with two attached hydrogens (primary N) is 1. The van der Waals surface area contributed by atoms with E-state index in [0.717, 1.165) is 11.4 Å². The summed E-state index contributed by atoms with van der Waals surface area (Å²) < 4.78 is 0. The zero-order valence-electron chi connectivity index (χ0n) is 11.8. The molecule has 106 valence electrons. The van der Waals surface area contributed by atoms with Gasteiger partial charge in [-0.05, 0) is 55.0 Å². The Hall–Kier alpha value is -0.960. The number of thioether (sulfide) groups is 1. The number of rotatable bonds is 5. The van der Waals surface area contributed by atoms with Crippen LogP contribution in [-0.4, -0.2) is 12.3 Å². The van der Waals surface area contributed by atoms with Crippen molar-refractivity contribution in [1.29, 1.82) is 0 Å². The highest BCUT2D eigenvalue weighted by Crippen LogP contribution is 2.27. The zero-order valence-corrected chi connectivity index (χ0v) is 13.4. The van der Waals surface area contributed by atoms with Crippen molar-refractivity contribution in [2.75, 3.05) is 6.26 Å². The molecule has 0 heterocycles. The van der Waals surface area contributed by atoms with Crippen molar-refractivity contribution in [3.8, 4) is 0 Å². The fraction of sp³-hybridized carbons (Fsp3) is 0.294. The van der Waals surface area contributed by atoms with Crippen LogP contribution in [0.15, 0.2) is 53.4 Å². The second kappa shape index (κ2) is 7.16. The maximum absolute atomic E-state index is 6.21. The third kappa shape index (κ3) is 4.02. The van der Waals surface area contributed by atoms with Crippen LogP contribution in [-0.2, 0) is 6.42 Å². The van der Waals surface area contributed by atoms with Crippen molar-refractivity contribution < 1.29 is 0 Å². The van der Waals surface area contributed by atoms with Gasteiger partial charge in [0.2, 0.25) is 0 Å². The second-order valence-electron chi connectivity index (χ2n) is 5.07. The summed E-state index contributed by atoms with van der Waals surface area (Å²) in [6.07, 6.45) is 3.03. The minimum atomic E-state index is 0.114. The highest BCUT2D eigenvalue weighted by atomic mass is 35.5. The van der Waals surface area contributed by atoms with Gasteiger partial charge < -0.3 is 5.73 Å². The fourth-order valence-corrected chi connectivity index (χ4v) is 2.95. The molecule has 0 bridgehead atoms. The van der Waals surface area contributed by atoms with Crippen LogP contribution in [0.4, 0.5) is 0 Å². The molecular weight excluding hydrogens is 286 g/mol. The van der Waals surface area contributed by atoms with Gasteiger partial charge >= 0.3 is 0 Å². The molecule has 20 heavy (non-hydrogen) atoms. The molecule has 2 rings (SSSR count). The third-order valence-corrected chi connectivity index (χ3v) is 4.50. The van der Waals surface area contributed by atoms with Gasteiger partial charge in [0.05, 0.1) is 0 Å². The summed E-state index contributed by atoms with van der Waals surface area (Å²) in [6.45, 7) is 2.08. The van der Waals surface area contributed by atoms with Crippen LogP contribution in [0.2, 0.25) is 5.02 Å². The van der Waals surface area contributed by atoms with Crippen LogP contribution in [0.1, 0.15) is 24.0 Å². The molecular formula is C17H20ClNS. The quantitative estimate of drug-likeness (QED) is 0.808. The maximum Gasteiger partial charge on any atom is 0.0406 e. The lowest BCUT2D eigenvalue weighted by Crippen LogP contribution is -2.26. The summed E-state index contributed by atoms with van der Waals surface area (Å²) in [6, 6.07) is 16.8. The molecule has 0 fully saturated rings. The van der Waals surface area contributed by atoms with Gasteiger partial charge in [0.25, 0.3) is 0 Å². The van der Waals surface area contributed by atoms with Crippen LogP contribution in [0, 0.1) is 0 Å². The summed E-state index contributed by atoms with van der Waals surface area (Å²) >= 11 is 7.70. The van der Waals surface area contributed by atoms with Gasteiger partial charge in [-0.15, -0.1) is 11.8 Å². The van der Waals surface area contributed by atoms with Crippen molar-refractivity contribution in [2.45, 2.75) is 30.2 Å². The van der Waals surface area contributed by atoms with Gasteiger partial charge in [-0.25, -0.2) is 0 Å². The Morgan fingerprint density at radius 2 is 1.85 bits per heavy atom. The largest absolute Gasteiger partial charge is 0.327 e. The summed E-state index contributed by atoms with van der Waals surface area (Å²) in [4.78, 5) is 1.28. The molecule has 0 spiro atoms. The van der Waals surface area contributed by atoms with E-state index in [1.807, 2.05) is 12.1 Å². The van der Waals surface area contributed by atoms with Crippen molar-refractivity contribution in [1.82, 2.24) is 0 Å². The second-order valence-corrected chi connectivity index (χ2v) is 6.39. The van der Waals surface area contributed by atoms with Gasteiger partial charge in [0.1, 0.15) is 0 Å². The minimum absolute atomic E-state index is 0.114. The van der Waals surface area contributed by atoms with Gasteiger partial charge in [0.15, 0.2) is 0 Å². The Morgan fingerprint density at radius 3 is 2.45 bits per heavy atom. The first-order valence-corrected chi connectivity index (χ1v) is 8.34. The zero-order chi connectivity index (χ0) is 14.5. The van der Waals surface area contributed by atoms with Crippen molar-refractivity contribution in [2.24, 2.45) is 5.73 Å². The first-order chi connectivity index (χ1) is 9.60. The number of hydrogen-bond donors (Lipinski definition) is 1. The summed E-state index contributed by atoms with van der Waals surface area (Å²) in [5.41, 5.74) is 8.78. The van der Waals surface area contributed by atoms with Gasteiger partial charge in [-0.3, -0.25) is 0 Å². The van der Waals surface area contributed by atoms with E-state index in [9.17, 15) is 0 Å². The van der Waals surface area contributed by atoms with Gasteiger partial charge in [-0.1, -0.05) is 35.9 Å². The molecule has 1 nitrogen and oxygen atoms in total. The van der Waals surface area contributed by atoms with Crippen molar-refractivity contribution in [3.05, 3.63) is 64.7 Å². The average molecular weight is 306 g/mol. The normalized spacial score (nSPS) is 14.0. The lowest BCUT2D eigenvalue weighted by atomic mass is 9.87. The molecule has 2 N–H and O–H groups in total. The van der Waals surface area contributed by atoms with E-state index in [0.29, 0.717) is 5.92 Å². The van der Waals surface area contributed by atoms with E-state index in [1.165, 1.54) is 16.0 Å². The Labute approximate surface area is 130 Å². The molecule has 2 atom stereocenters. The van der Waals surface area contributed by atoms with Gasteiger partial charge in [-0.2, -0.15) is 0 Å². The molecule has 0 aliphatic heterocycles. The first kappa shape index (κ1) is 15.4. The van der Waals surface area contributed by atoms with E-state index in [1.54, 1.807) is 11.8 Å². The number of hydrogen-bond acceptors (Lipinski definition) is 2. The smallest absolute Gasteiger partial charge is 0.0406 e. The third-order valence-electron chi connectivity index (χ3n) is 3.53. The monoisotopic (exact) mass is 305 g/mol. The molecule has 0 aliphatic carbocycles. The van der Waals surface area contributed by atoms with Crippen LogP contribution in [0.25, 0.3) is 0 Å². The summed E-state index contributed by atoms with van der Waals surface area (Å²) in [5.74, 6) is 0.322. The van der Waals surface area contributed by atoms with Crippen molar-refractivity contribution >= 4 is 23.4 Å². The number of benzene rings is 2. The molecule has 3 heteroatoms. The first-order valence-electron chi connectivity index (χ1n) is 6.74. The van der Waals surface area contributed by atoms with E-state index >= 15 is 0 Å². The minimum Gasteiger partial charge on any atom is -0.327 e. The summed E-state index contributed by atoms with van der Waals surface area (Å²) in [7, 11) is 0. The number of halogens is 1. The molecule has 0 radical (unpaired) electrons. The van der Waals surface area contributed by atoms with E-state index in [-0.39, 0.29) is 6.04 Å². The topological polar surface area (TPSA) is 26.0 Å². The molecule has 2 unspecified atom stereocenters. The molecule has 0 saturated carbocycles. The molecule has 2 aromatic rings. The SMILES string of the molecule is CSc1cccc(C(Cc2ccc(Cl)cc2)C(C)N)c1. The van der Waals surface area contributed by atoms with Crippen LogP contribution in [0.5, 0.6) is 0 Å². The molecule has 0 saturated heterocycles. The molecule has 2 aromatic carbocycles. The van der Waals surface area contributed by atoms with E-state index in [4.69, 9.17) is 17.3 Å². The Balaban J connectivity index is 2.24. The standard InChI is InChI=1S/C17H20ClNS/c1-12(19)17(10-13-6-8-15(18)9-7-13)14-4-3-5-16(11-14)20-2/h3-9,11-12,17H,10,19H2,1-2H3. The molecule has 0 aromatic heterocycles. The van der Waals surface area contributed by atoms with Crippen molar-refractivity contribution in [3.63, 3.8) is 0 Å². The Kier molecular flexibility index (Phi) is 5.53. The summed E-state index contributed by atoms with van der Waals surface area (Å²) in [5, 5.41) is 0.774. The molecule has 0 amide bonds. The Bertz CT molecular complexity index is 551. The fourth-order valence-electron chi connectivity index (χ4n) is 2.35. The van der Waals surface area contributed by atoms with Crippen LogP contribution < -0.4 is 5.73 Å². The predicted octanol–water partition coefficient (Wildman–Crippen LogP) is 4.74. The highest BCUT2D eigenvalue weighted by molar-refractivity contribution is 7.98. The molecule has 0 aliphatic rings. The maximum atomic E-state index is 6.21. The average Bonchev–Trinajstić information content (AvgIpc) is 2.46. The lowest BCUT2D eigenvalue weighted by Gasteiger charge is -2.22. The van der Waals surface area contributed by atoms with E-state index < -0.39 is 0 Å². The predicted molar refractivity (Wildman–Crippen MR) is 89.8 cm³/mol. The van der Waals surface area contributed by atoms with E-state index in [2.05, 4.69) is 49.6 Å². The lowest BCUT2D eigenvalue weighted by molar-refractivity contribution is 0.564. The highest BCUT2D eigenvalue weighted by Gasteiger charge is 2.17. The Morgan fingerprint density at radius 1 is 1.15 bits per heavy atom. The van der Waals surface area contributed by atoms with Gasteiger partial charge in [0, 0.05) is 21.9 Å². The van der Waals surface area contributed by atoms with Crippen LogP contribution >= 0.6 is 23.4 Å².